The molecule has 7 nitrogen and oxygen atoms in total. The molecule has 0 aliphatic carbocycles. The predicted octanol–water partition coefficient (Wildman–Crippen LogP) is 2.28. The number of carboxylic acid groups (broad SMARTS) is 1. The standard InChI is InChI=1S/C16H22N2O5/c1-23-13-8-9-14(19)12(10-13)11-17-18-15(20)6-4-2-3-5-7-16(21)22/h8-11,19H,2-7H2,1H3,(H,18,20)(H,21,22)/b17-11+. The Bertz CT molecular complexity index is 557. The Morgan fingerprint density at radius 3 is 2.57 bits per heavy atom. The van der Waals surface area contributed by atoms with Gasteiger partial charge in [0.25, 0.3) is 0 Å². The third-order valence-corrected chi connectivity index (χ3v) is 3.17. The van der Waals surface area contributed by atoms with Crippen LogP contribution in [-0.4, -0.2) is 35.4 Å². The predicted molar refractivity (Wildman–Crippen MR) is 85.7 cm³/mol. The molecule has 23 heavy (non-hydrogen) atoms. The zero-order valence-electron chi connectivity index (χ0n) is 13.1. The lowest BCUT2D eigenvalue weighted by Gasteiger charge is -2.03. The summed E-state index contributed by atoms with van der Waals surface area (Å²) in [7, 11) is 1.52. The van der Waals surface area contributed by atoms with E-state index in [0.29, 0.717) is 30.6 Å². The van der Waals surface area contributed by atoms with E-state index >= 15 is 0 Å². The van der Waals surface area contributed by atoms with E-state index in [1.54, 1.807) is 12.1 Å². The topological polar surface area (TPSA) is 108 Å². The molecule has 0 spiro atoms. The van der Waals surface area contributed by atoms with Crippen molar-refractivity contribution in [3.8, 4) is 11.5 Å². The van der Waals surface area contributed by atoms with Gasteiger partial charge in [-0.15, -0.1) is 0 Å². The highest BCUT2D eigenvalue weighted by Gasteiger charge is 2.02. The van der Waals surface area contributed by atoms with Crippen LogP contribution < -0.4 is 10.2 Å². The Labute approximate surface area is 135 Å². The number of carbonyl (C=O) groups excluding carboxylic acids is 1. The van der Waals surface area contributed by atoms with Gasteiger partial charge in [-0.05, 0) is 31.0 Å². The average Bonchev–Trinajstić information content (AvgIpc) is 2.52. The monoisotopic (exact) mass is 322 g/mol. The van der Waals surface area contributed by atoms with Crippen molar-refractivity contribution in [2.45, 2.75) is 38.5 Å². The van der Waals surface area contributed by atoms with E-state index in [9.17, 15) is 14.7 Å². The molecule has 0 aliphatic rings. The van der Waals surface area contributed by atoms with Gasteiger partial charge in [0.05, 0.1) is 13.3 Å². The molecule has 1 rings (SSSR count). The maximum absolute atomic E-state index is 11.6. The maximum Gasteiger partial charge on any atom is 0.303 e. The minimum atomic E-state index is -0.794. The molecule has 0 fully saturated rings. The number of hydrogen-bond acceptors (Lipinski definition) is 5. The number of methoxy groups -OCH3 is 1. The smallest absolute Gasteiger partial charge is 0.303 e. The Hall–Kier alpha value is -2.57. The molecular weight excluding hydrogens is 300 g/mol. The Morgan fingerprint density at radius 1 is 1.22 bits per heavy atom. The number of carbonyl (C=O) groups is 2. The second kappa shape index (κ2) is 10.2. The largest absolute Gasteiger partial charge is 0.507 e. The summed E-state index contributed by atoms with van der Waals surface area (Å²) in [6, 6.07) is 4.71. The number of phenols is 1. The highest BCUT2D eigenvalue weighted by atomic mass is 16.5. The number of amides is 1. The lowest BCUT2D eigenvalue weighted by molar-refractivity contribution is -0.137. The molecule has 0 radical (unpaired) electrons. The number of aromatic hydroxyl groups is 1. The van der Waals surface area contributed by atoms with Crippen molar-refractivity contribution in [2.24, 2.45) is 5.10 Å². The van der Waals surface area contributed by atoms with Gasteiger partial charge in [-0.3, -0.25) is 9.59 Å². The lowest BCUT2D eigenvalue weighted by atomic mass is 10.1. The number of rotatable bonds is 10. The summed E-state index contributed by atoms with van der Waals surface area (Å²) in [5, 5.41) is 22.0. The summed E-state index contributed by atoms with van der Waals surface area (Å²) in [6.07, 6.45) is 4.76. The highest BCUT2D eigenvalue weighted by molar-refractivity contribution is 5.85. The fraction of sp³-hybridized carbons (Fsp3) is 0.438. The molecule has 3 N–H and O–H groups in total. The van der Waals surface area contributed by atoms with Gasteiger partial charge in [0.15, 0.2) is 0 Å². The van der Waals surface area contributed by atoms with Crippen LogP contribution in [-0.2, 0) is 9.59 Å². The minimum absolute atomic E-state index is 0.0437. The van der Waals surface area contributed by atoms with E-state index in [2.05, 4.69) is 10.5 Å². The second-order valence-electron chi connectivity index (χ2n) is 5.03. The van der Waals surface area contributed by atoms with Crippen LogP contribution >= 0.6 is 0 Å². The fourth-order valence-corrected chi connectivity index (χ4v) is 1.91. The quantitative estimate of drug-likeness (QED) is 0.348. The van der Waals surface area contributed by atoms with Crippen LogP contribution in [0, 0.1) is 0 Å². The molecule has 1 aromatic carbocycles. The van der Waals surface area contributed by atoms with Gasteiger partial charge >= 0.3 is 5.97 Å². The first-order valence-corrected chi connectivity index (χ1v) is 7.43. The first kappa shape index (κ1) is 18.5. The number of nitrogens with one attached hydrogen (secondary N) is 1. The summed E-state index contributed by atoms with van der Waals surface area (Å²) in [6.45, 7) is 0. The van der Waals surface area contributed by atoms with Crippen LogP contribution in [0.2, 0.25) is 0 Å². The third kappa shape index (κ3) is 7.85. The molecule has 0 bridgehead atoms. The van der Waals surface area contributed by atoms with Gasteiger partial charge in [-0.25, -0.2) is 5.43 Å². The average molecular weight is 322 g/mol. The summed E-state index contributed by atoms with van der Waals surface area (Å²) in [5.74, 6) is -0.390. The van der Waals surface area contributed by atoms with Gasteiger partial charge in [0, 0.05) is 18.4 Å². The molecule has 0 heterocycles. The molecule has 7 heteroatoms. The fourth-order valence-electron chi connectivity index (χ4n) is 1.91. The van der Waals surface area contributed by atoms with Crippen LogP contribution in [0.3, 0.4) is 0 Å². The van der Waals surface area contributed by atoms with Crippen molar-refractivity contribution < 1.29 is 24.5 Å². The van der Waals surface area contributed by atoms with Crippen molar-refractivity contribution in [3.63, 3.8) is 0 Å². The number of benzene rings is 1. The molecule has 1 aromatic rings. The van der Waals surface area contributed by atoms with Crippen LogP contribution in [0.25, 0.3) is 0 Å². The van der Waals surface area contributed by atoms with Crippen molar-refractivity contribution in [3.05, 3.63) is 23.8 Å². The Kier molecular flexibility index (Phi) is 8.20. The van der Waals surface area contributed by atoms with Crippen LogP contribution in [0.5, 0.6) is 11.5 Å². The van der Waals surface area contributed by atoms with Gasteiger partial charge in [-0.2, -0.15) is 5.10 Å². The number of carboxylic acids is 1. The van der Waals surface area contributed by atoms with E-state index in [0.717, 1.165) is 12.8 Å². The molecule has 0 saturated heterocycles. The number of unbranched alkanes of at least 4 members (excludes halogenated alkanes) is 3. The molecule has 1 amide bonds. The Morgan fingerprint density at radius 2 is 1.91 bits per heavy atom. The zero-order chi connectivity index (χ0) is 17.1. The molecule has 0 aromatic heterocycles. The maximum atomic E-state index is 11.6. The summed E-state index contributed by atoms with van der Waals surface area (Å²) in [5.41, 5.74) is 2.83. The van der Waals surface area contributed by atoms with E-state index in [-0.39, 0.29) is 18.1 Å². The third-order valence-electron chi connectivity index (χ3n) is 3.17. The molecule has 0 aliphatic heterocycles. The number of hydrogen-bond donors (Lipinski definition) is 3. The van der Waals surface area contributed by atoms with Crippen molar-refractivity contribution >= 4 is 18.1 Å². The van der Waals surface area contributed by atoms with Gasteiger partial charge in [-0.1, -0.05) is 12.8 Å². The van der Waals surface area contributed by atoms with Crippen LogP contribution in [0.4, 0.5) is 0 Å². The summed E-state index contributed by atoms with van der Waals surface area (Å²) in [4.78, 5) is 21.9. The number of nitrogens with zero attached hydrogens (tertiary/aromatic N) is 1. The molecule has 126 valence electrons. The molecule has 0 unspecified atom stereocenters. The normalized spacial score (nSPS) is 10.7. The Balaban J connectivity index is 2.26. The van der Waals surface area contributed by atoms with E-state index in [1.165, 1.54) is 19.4 Å². The second-order valence-corrected chi connectivity index (χ2v) is 5.03. The minimum Gasteiger partial charge on any atom is -0.507 e. The lowest BCUT2D eigenvalue weighted by Crippen LogP contribution is -2.16. The molecule has 0 atom stereocenters. The SMILES string of the molecule is COc1ccc(O)c(/C=N/NC(=O)CCCCCCC(=O)O)c1. The number of aliphatic carboxylic acids is 1. The van der Waals surface area contributed by atoms with Gasteiger partial charge < -0.3 is 14.9 Å². The number of hydrazone groups is 1. The number of ether oxygens (including phenoxy) is 1. The molecule has 0 saturated carbocycles. The van der Waals surface area contributed by atoms with E-state index in [4.69, 9.17) is 9.84 Å². The summed E-state index contributed by atoms with van der Waals surface area (Å²) >= 11 is 0. The van der Waals surface area contributed by atoms with Crippen molar-refractivity contribution in [1.29, 1.82) is 0 Å². The van der Waals surface area contributed by atoms with Crippen LogP contribution in [0.1, 0.15) is 44.1 Å². The van der Waals surface area contributed by atoms with Gasteiger partial charge in [0.1, 0.15) is 11.5 Å². The van der Waals surface area contributed by atoms with Crippen molar-refractivity contribution in [1.82, 2.24) is 5.43 Å². The number of phenolic OH excluding ortho intramolecular Hbond substituents is 1. The van der Waals surface area contributed by atoms with E-state index < -0.39 is 5.97 Å². The van der Waals surface area contributed by atoms with Gasteiger partial charge in [0.2, 0.25) is 5.91 Å². The summed E-state index contributed by atoms with van der Waals surface area (Å²) < 4.78 is 5.04. The first-order valence-electron chi connectivity index (χ1n) is 7.43. The first-order chi connectivity index (χ1) is 11.0. The molecular formula is C16H22N2O5. The zero-order valence-corrected chi connectivity index (χ0v) is 13.1. The van der Waals surface area contributed by atoms with E-state index in [1.807, 2.05) is 0 Å². The highest BCUT2D eigenvalue weighted by Crippen LogP contribution is 2.20. The van der Waals surface area contributed by atoms with Crippen LogP contribution in [0.15, 0.2) is 23.3 Å². The van der Waals surface area contributed by atoms with Crippen molar-refractivity contribution in [2.75, 3.05) is 7.11 Å².